The Balaban J connectivity index is 1.89. The smallest absolute Gasteiger partial charge is 0.367 e. The zero-order valence-electron chi connectivity index (χ0n) is 13.4. The van der Waals surface area contributed by atoms with E-state index in [9.17, 15) is 19.2 Å². The molecule has 0 unspecified atom stereocenters. The lowest BCUT2D eigenvalue weighted by Crippen LogP contribution is -2.32. The van der Waals surface area contributed by atoms with Gasteiger partial charge in [-0.05, 0) is 36.8 Å². The lowest BCUT2D eigenvalue weighted by atomic mass is 10.1. The van der Waals surface area contributed by atoms with Crippen molar-refractivity contribution >= 4 is 23.8 Å². The molecular formula is C18H13NO6. The molecule has 1 aliphatic rings. The van der Waals surface area contributed by atoms with E-state index in [-0.39, 0.29) is 22.4 Å². The van der Waals surface area contributed by atoms with Crippen LogP contribution in [0, 0.1) is 6.92 Å². The van der Waals surface area contributed by atoms with Crippen LogP contribution < -0.4 is 4.74 Å². The predicted octanol–water partition coefficient (Wildman–Crippen LogP) is 2.29. The van der Waals surface area contributed by atoms with Crippen molar-refractivity contribution in [2.75, 3.05) is 0 Å². The van der Waals surface area contributed by atoms with E-state index >= 15 is 0 Å². The summed E-state index contributed by atoms with van der Waals surface area (Å²) in [6.45, 7) is 2.93. The van der Waals surface area contributed by atoms with Gasteiger partial charge in [0.1, 0.15) is 11.3 Å². The Hall–Kier alpha value is -3.48. The highest BCUT2D eigenvalue weighted by Crippen LogP contribution is 2.26. The van der Waals surface area contributed by atoms with Crippen molar-refractivity contribution < 1.29 is 28.8 Å². The number of esters is 1. The fourth-order valence-electron chi connectivity index (χ4n) is 2.43. The highest BCUT2D eigenvalue weighted by atomic mass is 16.7. The van der Waals surface area contributed by atoms with Crippen LogP contribution in [0.15, 0.2) is 42.5 Å². The first-order valence-corrected chi connectivity index (χ1v) is 7.37. The summed E-state index contributed by atoms with van der Waals surface area (Å²) in [5.74, 6) is -3.06. The van der Waals surface area contributed by atoms with Gasteiger partial charge in [-0.25, -0.2) is 4.79 Å². The number of ether oxygens (including phenoxy) is 1. The van der Waals surface area contributed by atoms with Crippen molar-refractivity contribution in [1.29, 1.82) is 0 Å². The Morgan fingerprint density at radius 2 is 1.56 bits per heavy atom. The molecule has 0 saturated carbocycles. The summed E-state index contributed by atoms with van der Waals surface area (Å²) in [7, 11) is 0. The second-order valence-electron chi connectivity index (χ2n) is 5.42. The molecule has 1 heterocycles. The van der Waals surface area contributed by atoms with E-state index in [0.29, 0.717) is 10.6 Å². The molecule has 0 aliphatic carbocycles. The minimum Gasteiger partial charge on any atom is -0.426 e. The number of fused-ring (bicyclic) bond motifs is 1. The summed E-state index contributed by atoms with van der Waals surface area (Å²) in [5.41, 5.74) is 0.964. The molecule has 0 atom stereocenters. The number of amides is 2. The van der Waals surface area contributed by atoms with Crippen LogP contribution in [0.25, 0.3) is 0 Å². The van der Waals surface area contributed by atoms with Crippen LogP contribution in [0.5, 0.6) is 5.75 Å². The van der Waals surface area contributed by atoms with E-state index in [1.54, 1.807) is 25.1 Å². The number of hydroxylamine groups is 2. The van der Waals surface area contributed by atoms with Gasteiger partial charge < -0.3 is 9.57 Å². The van der Waals surface area contributed by atoms with Gasteiger partial charge in [0.25, 0.3) is 11.8 Å². The Bertz CT molecular complexity index is 883. The van der Waals surface area contributed by atoms with Crippen molar-refractivity contribution in [1.82, 2.24) is 5.06 Å². The summed E-state index contributed by atoms with van der Waals surface area (Å²) < 4.78 is 4.97. The van der Waals surface area contributed by atoms with Gasteiger partial charge in [0.15, 0.2) is 0 Å². The van der Waals surface area contributed by atoms with E-state index in [2.05, 4.69) is 0 Å². The Kier molecular flexibility index (Phi) is 4.06. The quantitative estimate of drug-likeness (QED) is 0.484. The first-order valence-electron chi connectivity index (χ1n) is 7.37. The summed E-state index contributed by atoms with van der Waals surface area (Å²) >= 11 is 0. The predicted molar refractivity (Wildman–Crippen MR) is 84.8 cm³/mol. The van der Waals surface area contributed by atoms with Gasteiger partial charge in [-0.1, -0.05) is 23.3 Å². The summed E-state index contributed by atoms with van der Waals surface area (Å²) in [6.07, 6.45) is 0. The first kappa shape index (κ1) is 16.4. The van der Waals surface area contributed by atoms with E-state index in [1.165, 1.54) is 31.2 Å². The van der Waals surface area contributed by atoms with Gasteiger partial charge >= 0.3 is 11.9 Å². The molecule has 2 aromatic rings. The van der Waals surface area contributed by atoms with Crippen LogP contribution in [0.4, 0.5) is 0 Å². The van der Waals surface area contributed by atoms with Crippen LogP contribution >= 0.6 is 0 Å². The molecule has 0 aromatic heterocycles. The van der Waals surface area contributed by atoms with Gasteiger partial charge in [-0.2, -0.15) is 0 Å². The largest absolute Gasteiger partial charge is 0.426 e. The number of nitrogens with zero attached hydrogens (tertiary/aromatic N) is 1. The maximum absolute atomic E-state index is 12.4. The molecule has 0 saturated heterocycles. The summed E-state index contributed by atoms with van der Waals surface area (Å²) in [6, 6.07) is 10.7. The van der Waals surface area contributed by atoms with E-state index in [1.807, 2.05) is 0 Å². The molecule has 1 aliphatic heterocycles. The highest BCUT2D eigenvalue weighted by Gasteiger charge is 2.39. The normalized spacial score (nSPS) is 12.8. The summed E-state index contributed by atoms with van der Waals surface area (Å²) in [4.78, 5) is 53.1. The molecular weight excluding hydrogens is 326 g/mol. The number of rotatable bonds is 3. The molecule has 0 radical (unpaired) electrons. The molecule has 0 fully saturated rings. The molecule has 3 rings (SSSR count). The minimum atomic E-state index is -0.977. The number of carbonyl (C=O) groups is 4. The van der Waals surface area contributed by atoms with E-state index in [4.69, 9.17) is 9.57 Å². The second kappa shape index (κ2) is 6.20. The number of hydrogen-bond donors (Lipinski definition) is 0. The molecule has 0 bridgehead atoms. The average Bonchev–Trinajstić information content (AvgIpc) is 2.81. The van der Waals surface area contributed by atoms with Gasteiger partial charge in [-0.3, -0.25) is 14.4 Å². The van der Waals surface area contributed by atoms with Crippen molar-refractivity contribution in [2.45, 2.75) is 13.8 Å². The first-order chi connectivity index (χ1) is 11.9. The Morgan fingerprint density at radius 3 is 2.12 bits per heavy atom. The van der Waals surface area contributed by atoms with Crippen LogP contribution in [0.1, 0.15) is 43.6 Å². The molecule has 2 amide bonds. The standard InChI is InChI=1S/C18H13NO6/c1-10-7-8-15(24-11(2)20)14(9-10)18(23)25-19-16(21)12-5-3-4-6-13(12)17(19)22/h3-9H,1-2H3. The number of benzene rings is 2. The molecule has 7 nitrogen and oxygen atoms in total. The van der Waals surface area contributed by atoms with E-state index < -0.39 is 23.8 Å². The summed E-state index contributed by atoms with van der Waals surface area (Å²) in [5, 5.41) is 0.410. The number of aryl methyl sites for hydroxylation is 1. The third-order valence-corrected chi connectivity index (χ3v) is 3.54. The molecule has 2 aromatic carbocycles. The third kappa shape index (κ3) is 2.99. The Labute approximate surface area is 142 Å². The number of carbonyl (C=O) groups excluding carboxylic acids is 4. The number of imide groups is 1. The molecule has 25 heavy (non-hydrogen) atoms. The van der Waals surface area contributed by atoms with Crippen LogP contribution in [-0.2, 0) is 9.63 Å². The van der Waals surface area contributed by atoms with Crippen LogP contribution in [-0.4, -0.2) is 28.8 Å². The number of hydrogen-bond acceptors (Lipinski definition) is 6. The van der Waals surface area contributed by atoms with Gasteiger partial charge in [0.2, 0.25) is 0 Å². The average molecular weight is 339 g/mol. The van der Waals surface area contributed by atoms with Gasteiger partial charge in [0.05, 0.1) is 11.1 Å². The lowest BCUT2D eigenvalue weighted by molar-refractivity contribution is -0.131. The minimum absolute atomic E-state index is 0.0142. The maximum atomic E-state index is 12.4. The van der Waals surface area contributed by atoms with Crippen molar-refractivity contribution in [3.8, 4) is 5.75 Å². The van der Waals surface area contributed by atoms with Gasteiger partial charge in [-0.15, -0.1) is 0 Å². The van der Waals surface area contributed by atoms with E-state index in [0.717, 1.165) is 0 Å². The van der Waals surface area contributed by atoms with Crippen molar-refractivity contribution in [2.24, 2.45) is 0 Å². The zero-order chi connectivity index (χ0) is 18.1. The monoisotopic (exact) mass is 339 g/mol. The Morgan fingerprint density at radius 1 is 0.960 bits per heavy atom. The third-order valence-electron chi connectivity index (χ3n) is 3.54. The molecule has 0 spiro atoms. The lowest BCUT2D eigenvalue weighted by Gasteiger charge is -2.14. The fraction of sp³-hybridized carbons (Fsp3) is 0.111. The maximum Gasteiger partial charge on any atom is 0.367 e. The molecule has 0 N–H and O–H groups in total. The highest BCUT2D eigenvalue weighted by molar-refractivity contribution is 6.21. The molecule has 7 heteroatoms. The van der Waals surface area contributed by atoms with Crippen LogP contribution in [0.2, 0.25) is 0 Å². The second-order valence-corrected chi connectivity index (χ2v) is 5.42. The SMILES string of the molecule is CC(=O)Oc1ccc(C)cc1C(=O)ON1C(=O)c2ccccc2C1=O. The van der Waals surface area contributed by atoms with Crippen LogP contribution in [0.3, 0.4) is 0 Å². The van der Waals surface area contributed by atoms with Crippen molar-refractivity contribution in [3.05, 3.63) is 64.7 Å². The molecule has 126 valence electrons. The van der Waals surface area contributed by atoms with Crippen molar-refractivity contribution in [3.63, 3.8) is 0 Å². The zero-order valence-corrected chi connectivity index (χ0v) is 13.4. The topological polar surface area (TPSA) is 90.0 Å². The van der Waals surface area contributed by atoms with Gasteiger partial charge in [0, 0.05) is 6.92 Å². The fourth-order valence-corrected chi connectivity index (χ4v) is 2.43.